The van der Waals surface area contributed by atoms with Crippen molar-refractivity contribution in [3.63, 3.8) is 0 Å². The molecule has 6 heteroatoms. The molecule has 29 heavy (non-hydrogen) atoms. The number of rotatable bonds is 5. The molecule has 2 aromatic carbocycles. The second kappa shape index (κ2) is 7.98. The van der Waals surface area contributed by atoms with Gasteiger partial charge in [-0.05, 0) is 29.7 Å². The number of hydrogen-bond acceptors (Lipinski definition) is 3. The molecule has 0 unspecified atom stereocenters. The molecule has 0 spiro atoms. The summed E-state index contributed by atoms with van der Waals surface area (Å²) in [6.45, 7) is 2.35. The lowest BCUT2D eigenvalue weighted by Crippen LogP contribution is -2.67. The van der Waals surface area contributed by atoms with Gasteiger partial charge in [-0.1, -0.05) is 49.4 Å². The van der Waals surface area contributed by atoms with Gasteiger partial charge in [0.05, 0.1) is 18.7 Å². The summed E-state index contributed by atoms with van der Waals surface area (Å²) in [5.74, 6) is -0.200. The van der Waals surface area contributed by atoms with E-state index >= 15 is 0 Å². The van der Waals surface area contributed by atoms with Crippen molar-refractivity contribution in [2.75, 3.05) is 13.2 Å². The van der Waals surface area contributed by atoms with E-state index in [1.54, 1.807) is 0 Å². The molecule has 1 aliphatic rings. The number of aliphatic hydroxyl groups excluding tert-OH is 1. The molecule has 1 aromatic heterocycles. The van der Waals surface area contributed by atoms with Crippen molar-refractivity contribution >= 4 is 16.9 Å². The van der Waals surface area contributed by atoms with Crippen molar-refractivity contribution in [2.24, 2.45) is 0 Å². The number of H-pyrrole nitrogens is 1. The average molecular weight is 388 g/mol. The number of fused-ring (bicyclic) bond motifs is 1. The van der Waals surface area contributed by atoms with E-state index in [-0.39, 0.29) is 18.6 Å². The number of likely N-dealkylation sites (tertiary alicyclic amines) is 1. The Morgan fingerprint density at radius 2 is 2.00 bits per heavy atom. The minimum Gasteiger partial charge on any atom is -0.394 e. The number of aliphatic hydroxyl groups is 1. The molecule has 3 atom stereocenters. The second-order valence-electron chi connectivity index (χ2n) is 7.38. The molecule has 0 bridgehead atoms. The smallest absolute Gasteiger partial charge is 0.318 e. The van der Waals surface area contributed by atoms with E-state index in [0.717, 1.165) is 34.1 Å². The van der Waals surface area contributed by atoms with Gasteiger partial charge in [0.1, 0.15) is 6.04 Å². The summed E-state index contributed by atoms with van der Waals surface area (Å²) in [5.41, 5.74) is 4.12. The van der Waals surface area contributed by atoms with Gasteiger partial charge in [-0.15, -0.1) is 0 Å². The third-order valence-electron chi connectivity index (χ3n) is 5.63. The van der Waals surface area contributed by atoms with Crippen LogP contribution >= 0.6 is 0 Å². The molecule has 3 aromatic rings. The van der Waals surface area contributed by atoms with E-state index in [0.29, 0.717) is 6.54 Å². The number of urea groups is 1. The summed E-state index contributed by atoms with van der Waals surface area (Å²) < 4.78 is 0. The highest BCUT2D eigenvalue weighted by Crippen LogP contribution is 2.41. The maximum atomic E-state index is 12.4. The fraction of sp³-hybridized carbons (Fsp3) is 0.304. The summed E-state index contributed by atoms with van der Waals surface area (Å²) in [7, 11) is 0. The average Bonchev–Trinajstić information content (AvgIpc) is 3.17. The van der Waals surface area contributed by atoms with Crippen molar-refractivity contribution in [3.05, 3.63) is 60.2 Å². The molecule has 1 fully saturated rings. The third-order valence-corrected chi connectivity index (χ3v) is 5.63. The molecule has 4 rings (SSSR count). The minimum atomic E-state index is -0.581. The third kappa shape index (κ3) is 3.34. The first-order valence-corrected chi connectivity index (χ1v) is 9.92. The van der Waals surface area contributed by atoms with Crippen LogP contribution in [0.4, 0.5) is 4.79 Å². The van der Waals surface area contributed by atoms with Gasteiger partial charge in [0.15, 0.2) is 0 Å². The number of amides is 2. The Kier molecular flexibility index (Phi) is 5.24. The first-order valence-electron chi connectivity index (χ1n) is 9.92. The zero-order chi connectivity index (χ0) is 20.4. The molecule has 2 heterocycles. The van der Waals surface area contributed by atoms with Crippen molar-refractivity contribution in [3.8, 4) is 17.3 Å². The van der Waals surface area contributed by atoms with Gasteiger partial charge in [0.2, 0.25) is 0 Å². The number of carbonyl (C=O) groups excluding carboxylic acids is 1. The van der Waals surface area contributed by atoms with Gasteiger partial charge < -0.3 is 20.3 Å². The summed E-state index contributed by atoms with van der Waals surface area (Å²) in [6.07, 6.45) is 0.819. The van der Waals surface area contributed by atoms with Crippen molar-refractivity contribution in [1.29, 1.82) is 5.26 Å². The first kappa shape index (κ1) is 19.0. The molecule has 0 radical (unpaired) electrons. The molecule has 0 saturated carbocycles. The van der Waals surface area contributed by atoms with E-state index in [1.165, 1.54) is 4.90 Å². The van der Waals surface area contributed by atoms with E-state index < -0.39 is 12.1 Å². The standard InChI is InChI=1S/C23H24N4O2/c1-2-11-25-23(29)27-20(13-24)22(21(27)14-28)16-9-7-15(8-10-16)19-12-17-5-3-4-6-18(17)26-19/h3-10,12,20-22,26,28H,2,11,14H2,1H3,(H,25,29)/t20-,21-,22+/m1/s1. The second-order valence-corrected chi connectivity index (χ2v) is 7.38. The van der Waals surface area contributed by atoms with E-state index in [9.17, 15) is 15.2 Å². The number of nitrogens with zero attached hydrogens (tertiary/aromatic N) is 2. The molecule has 1 aliphatic heterocycles. The summed E-state index contributed by atoms with van der Waals surface area (Å²) in [5, 5.41) is 23.4. The SMILES string of the molecule is CCCNC(=O)N1[C@H](C#N)[C@H](c2ccc(-c3cc4ccccc4[nH]3)cc2)[C@H]1CO. The Balaban J connectivity index is 1.56. The number of aromatic amines is 1. The molecular weight excluding hydrogens is 364 g/mol. The van der Waals surface area contributed by atoms with E-state index in [4.69, 9.17) is 0 Å². The van der Waals surface area contributed by atoms with Gasteiger partial charge in [0.25, 0.3) is 0 Å². The number of carbonyl (C=O) groups is 1. The van der Waals surface area contributed by atoms with Crippen LogP contribution in [0.5, 0.6) is 0 Å². The van der Waals surface area contributed by atoms with Crippen molar-refractivity contribution < 1.29 is 9.90 Å². The van der Waals surface area contributed by atoms with Gasteiger partial charge in [0, 0.05) is 29.1 Å². The molecule has 1 saturated heterocycles. The Morgan fingerprint density at radius 3 is 2.66 bits per heavy atom. The largest absolute Gasteiger partial charge is 0.394 e. The van der Waals surface area contributed by atoms with Crippen LogP contribution in [0, 0.1) is 11.3 Å². The lowest BCUT2D eigenvalue weighted by molar-refractivity contribution is 0.0169. The Labute approximate surface area is 169 Å². The van der Waals surface area contributed by atoms with Crippen LogP contribution < -0.4 is 5.32 Å². The Hall–Kier alpha value is -3.30. The summed E-state index contributed by atoms with van der Waals surface area (Å²) in [6, 6.07) is 19.2. The van der Waals surface area contributed by atoms with Gasteiger partial charge in [-0.25, -0.2) is 4.79 Å². The highest BCUT2D eigenvalue weighted by molar-refractivity contribution is 5.85. The summed E-state index contributed by atoms with van der Waals surface area (Å²) in [4.78, 5) is 17.3. The zero-order valence-electron chi connectivity index (χ0n) is 16.3. The highest BCUT2D eigenvalue weighted by Gasteiger charge is 2.51. The predicted molar refractivity (Wildman–Crippen MR) is 112 cm³/mol. The zero-order valence-corrected chi connectivity index (χ0v) is 16.3. The van der Waals surface area contributed by atoms with Gasteiger partial charge in [-0.2, -0.15) is 5.26 Å². The van der Waals surface area contributed by atoms with Crippen molar-refractivity contribution in [2.45, 2.75) is 31.3 Å². The fourth-order valence-electron chi connectivity index (χ4n) is 4.12. The van der Waals surface area contributed by atoms with Crippen molar-refractivity contribution in [1.82, 2.24) is 15.2 Å². The van der Waals surface area contributed by atoms with Gasteiger partial charge in [-0.3, -0.25) is 0 Å². The number of nitriles is 1. The number of benzene rings is 2. The monoisotopic (exact) mass is 388 g/mol. The maximum Gasteiger partial charge on any atom is 0.318 e. The predicted octanol–water partition coefficient (Wildman–Crippen LogP) is 3.61. The Morgan fingerprint density at radius 1 is 1.24 bits per heavy atom. The maximum absolute atomic E-state index is 12.4. The molecule has 3 N–H and O–H groups in total. The molecule has 2 amide bonds. The lowest BCUT2D eigenvalue weighted by Gasteiger charge is -2.51. The van der Waals surface area contributed by atoms with Crippen LogP contribution in [0.15, 0.2) is 54.6 Å². The quantitative estimate of drug-likeness (QED) is 0.623. The highest BCUT2D eigenvalue weighted by atomic mass is 16.3. The van der Waals surface area contributed by atoms with E-state index in [1.807, 2.05) is 49.4 Å². The normalized spacial score (nSPS) is 20.9. The lowest BCUT2D eigenvalue weighted by atomic mass is 9.76. The van der Waals surface area contributed by atoms with Gasteiger partial charge >= 0.3 is 6.03 Å². The number of hydrogen-bond donors (Lipinski definition) is 3. The van der Waals surface area contributed by atoms with Crippen LogP contribution in [-0.4, -0.2) is 46.3 Å². The van der Waals surface area contributed by atoms with E-state index in [2.05, 4.69) is 28.5 Å². The summed E-state index contributed by atoms with van der Waals surface area (Å²) >= 11 is 0. The van der Waals surface area contributed by atoms with Crippen LogP contribution in [0.2, 0.25) is 0 Å². The van der Waals surface area contributed by atoms with Crippen LogP contribution in [-0.2, 0) is 0 Å². The molecule has 6 nitrogen and oxygen atoms in total. The first-order chi connectivity index (χ1) is 14.2. The fourth-order valence-corrected chi connectivity index (χ4v) is 4.12. The Bertz CT molecular complexity index is 1020. The number of aromatic nitrogens is 1. The number of nitrogens with one attached hydrogen (secondary N) is 2. The van der Waals surface area contributed by atoms with Crippen LogP contribution in [0.1, 0.15) is 24.8 Å². The molecule has 148 valence electrons. The minimum absolute atomic E-state index is 0.174. The topological polar surface area (TPSA) is 92.2 Å². The number of para-hydroxylation sites is 1. The van der Waals surface area contributed by atoms with Crippen LogP contribution in [0.25, 0.3) is 22.2 Å². The molecule has 0 aliphatic carbocycles. The molecular formula is C23H24N4O2. The van der Waals surface area contributed by atoms with Crippen LogP contribution in [0.3, 0.4) is 0 Å².